The van der Waals surface area contributed by atoms with Crippen LogP contribution in [0, 0.1) is 17.0 Å². The number of aromatic nitrogens is 2. The van der Waals surface area contributed by atoms with Gasteiger partial charge in [0.2, 0.25) is 0 Å². The second kappa shape index (κ2) is 7.33. The Morgan fingerprint density at radius 2 is 1.85 bits per heavy atom. The van der Waals surface area contributed by atoms with E-state index >= 15 is 0 Å². The first-order chi connectivity index (χ1) is 12.8. The molecule has 0 saturated heterocycles. The van der Waals surface area contributed by atoms with Crippen molar-refractivity contribution in [1.82, 2.24) is 9.97 Å². The van der Waals surface area contributed by atoms with Crippen LogP contribution in [0.2, 0.25) is 0 Å². The summed E-state index contributed by atoms with van der Waals surface area (Å²) in [6, 6.07) is 11.3. The van der Waals surface area contributed by atoms with Crippen LogP contribution in [-0.2, 0) is 0 Å². The van der Waals surface area contributed by atoms with E-state index in [1.54, 1.807) is 24.3 Å². The maximum absolute atomic E-state index is 14.1. The van der Waals surface area contributed by atoms with E-state index in [4.69, 9.17) is 11.1 Å². The molecule has 0 amide bonds. The summed E-state index contributed by atoms with van der Waals surface area (Å²) >= 11 is 0. The molecule has 1 heterocycles. The molecule has 0 spiro atoms. The van der Waals surface area contributed by atoms with Crippen molar-refractivity contribution in [2.75, 3.05) is 5.73 Å². The Labute approximate surface area is 153 Å². The number of allylic oxidation sites excluding steroid dienone is 1. The molecule has 3 aromatic rings. The van der Waals surface area contributed by atoms with Crippen molar-refractivity contribution in [3.05, 3.63) is 81.9 Å². The van der Waals surface area contributed by atoms with Gasteiger partial charge >= 0.3 is 0 Å². The first kappa shape index (κ1) is 18.2. The molecule has 0 atom stereocenters. The molecule has 0 aliphatic rings. The van der Waals surface area contributed by atoms with Crippen LogP contribution in [0.1, 0.15) is 18.3 Å². The Morgan fingerprint density at radius 3 is 2.48 bits per heavy atom. The van der Waals surface area contributed by atoms with Gasteiger partial charge in [0.25, 0.3) is 5.56 Å². The number of nitrogens with one attached hydrogen (secondary N) is 2. The molecule has 2 aromatic carbocycles. The van der Waals surface area contributed by atoms with Crippen LogP contribution in [0.3, 0.4) is 0 Å². The van der Waals surface area contributed by atoms with E-state index in [-0.39, 0.29) is 22.7 Å². The predicted molar refractivity (Wildman–Crippen MR) is 102 cm³/mol. The third-order valence-electron chi connectivity index (χ3n) is 3.87. The minimum absolute atomic E-state index is 0.0426. The quantitative estimate of drug-likeness (QED) is 0.483. The smallest absolute Gasteiger partial charge is 0.251 e. The Bertz CT molecular complexity index is 1100. The SMILES string of the molecule is CC(=N)C(=Cc1nc(-c2ccc(N)cc2)cc(=O)[nH]1)c1ccc(F)cc1F. The molecule has 0 aliphatic heterocycles. The largest absolute Gasteiger partial charge is 0.399 e. The van der Waals surface area contributed by atoms with Crippen molar-refractivity contribution in [3.63, 3.8) is 0 Å². The van der Waals surface area contributed by atoms with Gasteiger partial charge in [0.05, 0.1) is 5.69 Å². The second-order valence-corrected chi connectivity index (χ2v) is 5.95. The lowest BCUT2D eigenvalue weighted by Gasteiger charge is -2.09. The zero-order valence-corrected chi connectivity index (χ0v) is 14.4. The van der Waals surface area contributed by atoms with Gasteiger partial charge in [0, 0.05) is 40.2 Å². The third kappa shape index (κ3) is 4.14. The topological polar surface area (TPSA) is 95.6 Å². The summed E-state index contributed by atoms with van der Waals surface area (Å²) in [7, 11) is 0. The van der Waals surface area contributed by atoms with Crippen molar-refractivity contribution >= 4 is 23.0 Å². The van der Waals surface area contributed by atoms with Gasteiger partial charge in [0.15, 0.2) is 0 Å². The number of nitrogens with zero attached hydrogens (tertiary/aromatic N) is 1. The van der Waals surface area contributed by atoms with E-state index < -0.39 is 17.2 Å². The molecule has 3 rings (SSSR count). The van der Waals surface area contributed by atoms with Crippen LogP contribution < -0.4 is 11.3 Å². The normalized spacial score (nSPS) is 11.4. The average molecular weight is 366 g/mol. The van der Waals surface area contributed by atoms with Crippen molar-refractivity contribution in [1.29, 1.82) is 5.41 Å². The molecule has 0 radical (unpaired) electrons. The molecule has 0 saturated carbocycles. The summed E-state index contributed by atoms with van der Waals surface area (Å²) in [5.74, 6) is -1.36. The lowest BCUT2D eigenvalue weighted by atomic mass is 10.0. The Hall–Kier alpha value is -3.61. The lowest BCUT2D eigenvalue weighted by molar-refractivity contribution is 0.581. The number of rotatable bonds is 4. The highest BCUT2D eigenvalue weighted by molar-refractivity contribution is 6.25. The molecule has 136 valence electrons. The van der Waals surface area contributed by atoms with E-state index in [1.165, 1.54) is 25.1 Å². The minimum Gasteiger partial charge on any atom is -0.399 e. The summed E-state index contributed by atoms with van der Waals surface area (Å²) in [5.41, 5.74) is 7.22. The number of nitrogen functional groups attached to an aromatic ring is 1. The van der Waals surface area contributed by atoms with E-state index in [1.807, 2.05) is 0 Å². The predicted octanol–water partition coefficient (Wildman–Crippen LogP) is 3.88. The molecule has 27 heavy (non-hydrogen) atoms. The summed E-state index contributed by atoms with van der Waals surface area (Å²) in [5, 5.41) is 7.92. The van der Waals surface area contributed by atoms with Gasteiger partial charge in [-0.3, -0.25) is 4.79 Å². The standard InChI is InChI=1S/C20H16F2N4O/c1-11(23)16(15-7-4-13(21)8-17(15)22)9-19-25-18(10-20(27)26-19)12-2-5-14(24)6-3-12/h2-10,23H,24H2,1H3,(H,25,26,27). The van der Waals surface area contributed by atoms with Crippen LogP contribution >= 0.6 is 0 Å². The number of aromatic amines is 1. The van der Waals surface area contributed by atoms with Crippen LogP contribution in [0.5, 0.6) is 0 Å². The molecule has 0 aliphatic carbocycles. The first-order valence-electron chi connectivity index (χ1n) is 8.03. The highest BCUT2D eigenvalue weighted by atomic mass is 19.1. The summed E-state index contributed by atoms with van der Waals surface area (Å²) in [6.45, 7) is 1.47. The number of hydrogen-bond acceptors (Lipinski definition) is 4. The lowest BCUT2D eigenvalue weighted by Crippen LogP contribution is -2.09. The van der Waals surface area contributed by atoms with E-state index in [9.17, 15) is 13.6 Å². The van der Waals surface area contributed by atoms with Gasteiger partial charge in [-0.2, -0.15) is 0 Å². The highest BCUT2D eigenvalue weighted by Gasteiger charge is 2.12. The Morgan fingerprint density at radius 1 is 1.15 bits per heavy atom. The van der Waals surface area contributed by atoms with E-state index in [0.717, 1.165) is 12.1 Å². The van der Waals surface area contributed by atoms with Gasteiger partial charge in [-0.1, -0.05) is 12.1 Å². The maximum Gasteiger partial charge on any atom is 0.251 e. The fourth-order valence-corrected chi connectivity index (χ4v) is 2.58. The monoisotopic (exact) mass is 366 g/mol. The van der Waals surface area contributed by atoms with E-state index in [2.05, 4.69) is 9.97 Å². The number of halogens is 2. The summed E-state index contributed by atoms with van der Waals surface area (Å²) < 4.78 is 27.3. The fourth-order valence-electron chi connectivity index (χ4n) is 2.58. The van der Waals surface area contributed by atoms with Crippen molar-refractivity contribution in [3.8, 4) is 11.3 Å². The first-order valence-corrected chi connectivity index (χ1v) is 8.03. The molecule has 0 unspecified atom stereocenters. The van der Waals surface area contributed by atoms with Crippen LogP contribution in [0.15, 0.2) is 53.3 Å². The van der Waals surface area contributed by atoms with Crippen molar-refractivity contribution in [2.45, 2.75) is 6.92 Å². The van der Waals surface area contributed by atoms with Gasteiger partial charge in [-0.15, -0.1) is 0 Å². The van der Waals surface area contributed by atoms with Gasteiger partial charge in [0.1, 0.15) is 17.5 Å². The average Bonchev–Trinajstić information content (AvgIpc) is 2.60. The number of H-pyrrole nitrogens is 1. The Kier molecular flexibility index (Phi) is 4.94. The molecule has 5 nitrogen and oxygen atoms in total. The summed E-state index contributed by atoms with van der Waals surface area (Å²) in [4.78, 5) is 18.9. The van der Waals surface area contributed by atoms with Gasteiger partial charge in [-0.05, 0) is 37.3 Å². The zero-order valence-electron chi connectivity index (χ0n) is 14.4. The molecule has 1 aromatic heterocycles. The van der Waals surface area contributed by atoms with Crippen LogP contribution in [-0.4, -0.2) is 15.7 Å². The van der Waals surface area contributed by atoms with Crippen molar-refractivity contribution in [2.24, 2.45) is 0 Å². The molecule has 7 heteroatoms. The number of hydrogen-bond donors (Lipinski definition) is 3. The second-order valence-electron chi connectivity index (χ2n) is 5.95. The molecular formula is C20H16F2N4O. The van der Waals surface area contributed by atoms with Gasteiger partial charge < -0.3 is 16.1 Å². The molecule has 0 fully saturated rings. The zero-order chi connectivity index (χ0) is 19.6. The number of benzene rings is 2. The van der Waals surface area contributed by atoms with Crippen molar-refractivity contribution < 1.29 is 8.78 Å². The number of anilines is 1. The Balaban J connectivity index is 2.12. The molecular weight excluding hydrogens is 350 g/mol. The minimum atomic E-state index is -0.801. The van der Waals surface area contributed by atoms with Gasteiger partial charge in [-0.25, -0.2) is 13.8 Å². The highest BCUT2D eigenvalue weighted by Crippen LogP contribution is 2.23. The van der Waals surface area contributed by atoms with E-state index in [0.29, 0.717) is 16.9 Å². The maximum atomic E-state index is 14.1. The third-order valence-corrected chi connectivity index (χ3v) is 3.87. The molecule has 4 N–H and O–H groups in total. The number of nitrogens with two attached hydrogens (primary N) is 1. The molecule has 0 bridgehead atoms. The summed E-state index contributed by atoms with van der Waals surface area (Å²) in [6.07, 6.45) is 1.39. The van der Waals surface area contributed by atoms with Crippen LogP contribution in [0.25, 0.3) is 22.9 Å². The fraction of sp³-hybridized carbons (Fsp3) is 0.0500. The van der Waals surface area contributed by atoms with Crippen LogP contribution in [0.4, 0.5) is 14.5 Å².